The standard InChI is InChI=1S/C19H19BrClN3O2/c1-12-8-13-9-17(20)18(26-3)10-14(13)11-22-24(12)19(25)23(2)16-6-4-15(21)5-7-16/h4-7,9-12H,8H2,1-3H3. The number of nitrogens with zero attached hydrogens (tertiary/aromatic N) is 3. The second-order valence-corrected chi connectivity index (χ2v) is 7.44. The average Bonchev–Trinajstić information content (AvgIpc) is 2.78. The molecule has 0 aliphatic carbocycles. The highest BCUT2D eigenvalue weighted by atomic mass is 79.9. The smallest absolute Gasteiger partial charge is 0.344 e. The largest absolute Gasteiger partial charge is 0.496 e. The molecule has 0 saturated heterocycles. The van der Waals surface area contributed by atoms with Gasteiger partial charge in [0.25, 0.3) is 0 Å². The Kier molecular flexibility index (Phi) is 5.53. The Labute approximate surface area is 166 Å². The van der Waals surface area contributed by atoms with E-state index in [1.54, 1.807) is 37.4 Å². The van der Waals surface area contributed by atoms with Crippen LogP contribution in [0, 0.1) is 0 Å². The Morgan fingerprint density at radius 2 is 2.04 bits per heavy atom. The van der Waals surface area contributed by atoms with Gasteiger partial charge in [0, 0.05) is 23.3 Å². The van der Waals surface area contributed by atoms with Crippen LogP contribution >= 0.6 is 27.5 Å². The van der Waals surface area contributed by atoms with Gasteiger partial charge in [-0.3, -0.25) is 4.90 Å². The SMILES string of the molecule is COc1cc2c(cc1Br)CC(C)N(C(=O)N(C)c1ccc(Cl)cc1)N=C2. The maximum Gasteiger partial charge on any atom is 0.344 e. The summed E-state index contributed by atoms with van der Waals surface area (Å²) in [7, 11) is 3.35. The van der Waals surface area contributed by atoms with Gasteiger partial charge < -0.3 is 4.74 Å². The Morgan fingerprint density at radius 1 is 1.35 bits per heavy atom. The number of urea groups is 1. The number of rotatable bonds is 2. The summed E-state index contributed by atoms with van der Waals surface area (Å²) in [5.74, 6) is 0.737. The number of methoxy groups -OCH3 is 1. The number of benzene rings is 2. The molecular formula is C19H19BrClN3O2. The lowest BCUT2D eigenvalue weighted by atomic mass is 10.0. The molecule has 7 heteroatoms. The van der Waals surface area contributed by atoms with E-state index in [2.05, 4.69) is 21.0 Å². The van der Waals surface area contributed by atoms with Crippen LogP contribution in [0.4, 0.5) is 10.5 Å². The van der Waals surface area contributed by atoms with Crippen molar-refractivity contribution in [1.82, 2.24) is 5.01 Å². The maximum atomic E-state index is 13.0. The molecule has 1 heterocycles. The lowest BCUT2D eigenvalue weighted by Gasteiger charge is -2.28. The van der Waals surface area contributed by atoms with Gasteiger partial charge in [-0.25, -0.2) is 9.80 Å². The quantitative estimate of drug-likeness (QED) is 0.669. The molecule has 0 radical (unpaired) electrons. The van der Waals surface area contributed by atoms with Gasteiger partial charge in [0.05, 0.1) is 23.8 Å². The first-order chi connectivity index (χ1) is 12.4. The molecule has 0 bridgehead atoms. The highest BCUT2D eigenvalue weighted by Crippen LogP contribution is 2.30. The number of fused-ring (bicyclic) bond motifs is 1. The van der Waals surface area contributed by atoms with Crippen LogP contribution < -0.4 is 9.64 Å². The monoisotopic (exact) mass is 435 g/mol. The summed E-state index contributed by atoms with van der Waals surface area (Å²) < 4.78 is 6.24. The first-order valence-corrected chi connectivity index (χ1v) is 9.30. The van der Waals surface area contributed by atoms with Crippen LogP contribution in [-0.2, 0) is 6.42 Å². The molecule has 1 aliphatic rings. The fraction of sp³-hybridized carbons (Fsp3) is 0.263. The van der Waals surface area contributed by atoms with E-state index in [0.29, 0.717) is 11.4 Å². The van der Waals surface area contributed by atoms with Crippen LogP contribution in [0.3, 0.4) is 0 Å². The topological polar surface area (TPSA) is 45.1 Å². The zero-order valence-corrected chi connectivity index (χ0v) is 17.1. The Balaban J connectivity index is 1.87. The van der Waals surface area contributed by atoms with Crippen LogP contribution in [0.1, 0.15) is 18.1 Å². The van der Waals surface area contributed by atoms with E-state index in [9.17, 15) is 4.79 Å². The molecular weight excluding hydrogens is 418 g/mol. The van der Waals surface area contributed by atoms with E-state index in [4.69, 9.17) is 16.3 Å². The molecule has 0 N–H and O–H groups in total. The van der Waals surface area contributed by atoms with Crippen molar-refractivity contribution in [3.63, 3.8) is 0 Å². The molecule has 0 spiro atoms. The molecule has 3 rings (SSSR count). The van der Waals surface area contributed by atoms with E-state index < -0.39 is 0 Å². The number of carbonyl (C=O) groups excluding carboxylic acids is 1. The number of amides is 2. The lowest BCUT2D eigenvalue weighted by molar-refractivity contribution is 0.190. The van der Waals surface area contributed by atoms with Crippen molar-refractivity contribution in [1.29, 1.82) is 0 Å². The average molecular weight is 437 g/mol. The Hall–Kier alpha value is -2.05. The molecule has 1 aliphatic heterocycles. The van der Waals surface area contributed by atoms with Gasteiger partial charge in [0.1, 0.15) is 5.75 Å². The second-order valence-electron chi connectivity index (χ2n) is 6.15. The number of hydrogen-bond acceptors (Lipinski definition) is 3. The minimum atomic E-state index is -0.199. The molecule has 0 fully saturated rings. The number of ether oxygens (including phenoxy) is 1. The van der Waals surface area contributed by atoms with Crippen LogP contribution in [0.15, 0.2) is 46.0 Å². The third-order valence-corrected chi connectivity index (χ3v) is 5.24. The zero-order chi connectivity index (χ0) is 18.8. The van der Waals surface area contributed by atoms with Crippen LogP contribution in [0.2, 0.25) is 5.02 Å². The molecule has 2 aromatic rings. The molecule has 136 valence electrons. The second kappa shape index (κ2) is 7.68. The first kappa shape index (κ1) is 18.7. The highest BCUT2D eigenvalue weighted by molar-refractivity contribution is 9.10. The number of anilines is 1. The molecule has 2 amide bonds. The Morgan fingerprint density at radius 3 is 2.69 bits per heavy atom. The number of carbonyl (C=O) groups is 1. The fourth-order valence-electron chi connectivity index (χ4n) is 2.87. The van der Waals surface area contributed by atoms with Crippen LogP contribution in [0.25, 0.3) is 0 Å². The van der Waals surface area contributed by atoms with Crippen molar-refractivity contribution in [3.8, 4) is 5.75 Å². The molecule has 0 aromatic heterocycles. The van der Waals surface area contributed by atoms with Gasteiger partial charge in [0.15, 0.2) is 0 Å². The fourth-order valence-corrected chi connectivity index (χ4v) is 3.55. The van der Waals surface area contributed by atoms with Gasteiger partial charge in [-0.15, -0.1) is 0 Å². The van der Waals surface area contributed by atoms with Crippen molar-refractivity contribution in [2.24, 2.45) is 5.10 Å². The van der Waals surface area contributed by atoms with Gasteiger partial charge in [0.2, 0.25) is 0 Å². The first-order valence-electron chi connectivity index (χ1n) is 8.13. The third-order valence-electron chi connectivity index (χ3n) is 4.36. The van der Waals surface area contributed by atoms with Gasteiger partial charge in [-0.1, -0.05) is 11.6 Å². The third kappa shape index (κ3) is 3.71. The van der Waals surface area contributed by atoms with Crippen molar-refractivity contribution in [2.75, 3.05) is 19.1 Å². The van der Waals surface area contributed by atoms with Crippen molar-refractivity contribution >= 4 is 45.5 Å². The predicted molar refractivity (Wildman–Crippen MR) is 109 cm³/mol. The number of hydrogen-bond donors (Lipinski definition) is 0. The van der Waals surface area contributed by atoms with Crippen molar-refractivity contribution in [3.05, 3.63) is 57.0 Å². The van der Waals surface area contributed by atoms with Gasteiger partial charge in [-0.05, 0) is 71.2 Å². The molecule has 2 aromatic carbocycles. The lowest BCUT2D eigenvalue weighted by Crippen LogP contribution is -2.43. The number of halogens is 2. The summed E-state index contributed by atoms with van der Waals surface area (Å²) in [4.78, 5) is 14.5. The predicted octanol–water partition coefficient (Wildman–Crippen LogP) is 4.95. The van der Waals surface area contributed by atoms with Crippen LogP contribution in [0.5, 0.6) is 5.75 Å². The van der Waals surface area contributed by atoms with E-state index >= 15 is 0 Å². The number of hydrazone groups is 1. The summed E-state index contributed by atoms with van der Waals surface area (Å²) in [6.07, 6.45) is 2.40. The van der Waals surface area contributed by atoms with E-state index in [-0.39, 0.29) is 12.1 Å². The van der Waals surface area contributed by atoms with Crippen molar-refractivity contribution < 1.29 is 9.53 Å². The van der Waals surface area contributed by atoms with Crippen molar-refractivity contribution in [2.45, 2.75) is 19.4 Å². The summed E-state index contributed by atoms with van der Waals surface area (Å²) in [5.41, 5.74) is 2.81. The summed E-state index contributed by atoms with van der Waals surface area (Å²) in [6.45, 7) is 1.98. The summed E-state index contributed by atoms with van der Waals surface area (Å²) in [6, 6.07) is 10.8. The Bertz CT molecular complexity index is 855. The molecule has 5 nitrogen and oxygen atoms in total. The molecule has 26 heavy (non-hydrogen) atoms. The van der Waals surface area contributed by atoms with Gasteiger partial charge in [-0.2, -0.15) is 5.10 Å². The maximum absolute atomic E-state index is 13.0. The summed E-state index contributed by atoms with van der Waals surface area (Å²) >= 11 is 9.44. The summed E-state index contributed by atoms with van der Waals surface area (Å²) in [5, 5.41) is 6.57. The highest BCUT2D eigenvalue weighted by Gasteiger charge is 2.27. The van der Waals surface area contributed by atoms with E-state index in [1.165, 1.54) is 5.01 Å². The minimum Gasteiger partial charge on any atom is -0.496 e. The molecule has 1 atom stereocenters. The molecule has 1 unspecified atom stereocenters. The van der Waals surface area contributed by atoms with Crippen LogP contribution in [-0.4, -0.2) is 37.5 Å². The normalized spacial score (nSPS) is 16.0. The molecule has 0 saturated carbocycles. The zero-order valence-electron chi connectivity index (χ0n) is 14.7. The van der Waals surface area contributed by atoms with E-state index in [1.807, 2.05) is 31.2 Å². The van der Waals surface area contributed by atoms with E-state index in [0.717, 1.165) is 27.0 Å². The van der Waals surface area contributed by atoms with Gasteiger partial charge >= 0.3 is 6.03 Å². The minimum absolute atomic E-state index is 0.0879.